The Kier molecular flexibility index (Phi) is 14.7. The quantitative estimate of drug-likeness (QED) is 0.103. The van der Waals surface area contributed by atoms with Crippen molar-refractivity contribution in [2.75, 3.05) is 0 Å². The van der Waals surface area contributed by atoms with Crippen LogP contribution >= 0.6 is 66.8 Å². The lowest BCUT2D eigenvalue weighted by molar-refractivity contribution is -0.150. The zero-order valence-corrected chi connectivity index (χ0v) is 45.3. The van der Waals surface area contributed by atoms with Crippen LogP contribution in [0.15, 0.2) is 203 Å². The highest BCUT2D eigenvalue weighted by molar-refractivity contribution is 9.10. The predicted octanol–water partition coefficient (Wildman–Crippen LogP) is 12.2. The van der Waals surface area contributed by atoms with Crippen molar-refractivity contribution in [3.8, 4) is 11.5 Å². The predicted molar refractivity (Wildman–Crippen MR) is 301 cm³/mol. The lowest BCUT2D eigenvalue weighted by Gasteiger charge is -2.40. The van der Waals surface area contributed by atoms with Crippen LogP contribution < -0.4 is 9.47 Å². The Hall–Kier alpha value is -5.10. The number of pyridine rings is 2. The van der Waals surface area contributed by atoms with Gasteiger partial charge >= 0.3 is 0 Å². The molecular weight excluding hydrogens is 1160 g/mol. The number of aromatic nitrogens is 2. The monoisotopic (exact) mass is 1210 g/mol. The third-order valence-electron chi connectivity index (χ3n) is 14.8. The number of sulfone groups is 1. The Morgan fingerprint density at radius 1 is 0.560 bits per heavy atom. The number of nitrogens with zero attached hydrogens (tertiary/aromatic N) is 2. The van der Waals surface area contributed by atoms with Gasteiger partial charge in [0.05, 0.1) is 21.7 Å². The van der Waals surface area contributed by atoms with Crippen molar-refractivity contribution in [2.45, 2.75) is 75.9 Å². The molecule has 0 saturated heterocycles. The van der Waals surface area contributed by atoms with E-state index < -0.39 is 55.6 Å². The molecule has 0 amide bonds. The van der Waals surface area contributed by atoms with Crippen molar-refractivity contribution in [2.24, 2.45) is 0 Å². The van der Waals surface area contributed by atoms with Crippen LogP contribution in [0.5, 0.6) is 11.5 Å². The van der Waals surface area contributed by atoms with Crippen molar-refractivity contribution < 1.29 is 38.3 Å². The molecule has 2 aromatic heterocycles. The van der Waals surface area contributed by atoms with Crippen LogP contribution in [0.4, 0.5) is 0 Å². The molecule has 0 spiro atoms. The van der Waals surface area contributed by atoms with Gasteiger partial charge in [-0.3, -0.25) is 9.97 Å². The van der Waals surface area contributed by atoms with Gasteiger partial charge < -0.3 is 29.9 Å². The van der Waals surface area contributed by atoms with Crippen molar-refractivity contribution >= 4 is 76.7 Å². The molecule has 8 aromatic rings. The van der Waals surface area contributed by atoms with E-state index in [2.05, 4.69) is 54.0 Å². The number of halogens is 4. The van der Waals surface area contributed by atoms with Gasteiger partial charge in [0, 0.05) is 50.4 Å². The van der Waals surface area contributed by atoms with Crippen molar-refractivity contribution in [1.82, 2.24) is 9.97 Å². The summed E-state index contributed by atoms with van der Waals surface area (Å²) in [7, 11) is -4.06. The number of benzene rings is 6. The summed E-state index contributed by atoms with van der Waals surface area (Å²) in [5, 5.41) is 48.1. The first-order chi connectivity index (χ1) is 35.6. The van der Waals surface area contributed by atoms with Crippen LogP contribution in [-0.4, -0.2) is 61.5 Å². The smallest absolute Gasteiger partial charge is 0.182 e. The van der Waals surface area contributed by atoms with Crippen LogP contribution in [-0.2, 0) is 43.7 Å². The SMILES string of the molecule is C.O=S(=O)(Cc1ccccc1)[C@H]1[C@@H](O)[C@@]2(O)c3ncc(Cl)cc3O[C@@]2(c2ccc(Br)cc2)[C@@H]1c1ccccc1.OC1C(SCc2ccccc2)[C@@H](c2ccccc2)[C@]2(c3ccc(Br)cc3)Oc3cc(Cl)cnc3[C@]12O. The lowest BCUT2D eigenvalue weighted by Crippen LogP contribution is -2.52. The molecule has 2 aliphatic carbocycles. The van der Waals surface area contributed by atoms with Gasteiger partial charge in [0.1, 0.15) is 40.3 Å². The summed E-state index contributed by atoms with van der Waals surface area (Å²) in [6.45, 7) is 0. The highest BCUT2D eigenvalue weighted by atomic mass is 79.9. The Morgan fingerprint density at radius 3 is 1.43 bits per heavy atom. The van der Waals surface area contributed by atoms with E-state index in [9.17, 15) is 28.8 Å². The fraction of sp³-hybridized carbons (Fsp3) is 0.220. The minimum absolute atomic E-state index is 0. The summed E-state index contributed by atoms with van der Waals surface area (Å²) in [6.07, 6.45) is -0.0706. The number of ether oxygens (including phenoxy) is 2. The Bertz CT molecular complexity index is 3450. The van der Waals surface area contributed by atoms with Gasteiger partial charge in [-0.1, -0.05) is 208 Å². The molecule has 16 heteroatoms. The maximum atomic E-state index is 14.2. The van der Waals surface area contributed by atoms with E-state index >= 15 is 0 Å². The standard InChI is InChI=1S/C29H23BrClNO5S.C29H23BrClNO3S.CH4/c30-21-13-11-20(12-14-21)29-24(19-9-5-2-6-10-19)25(38(35,36)17-18-7-3-1-4-8-18)27(33)28(29,34)26-23(37-29)15-22(31)16-32-26;30-21-13-11-20(12-14-21)29-24(19-9-5-2-6-10-19)25(36-17-18-7-3-1-4-8-18)27(33)28(29,34)26-23(35-29)15-22(31)16-32-26;/h1-16,24-25,27,33-34H,17H2;1-16,24-25,27,33-34H,17H2;1H4/t24-,25-,27-,28+,29+;24-,25?,27?,28+,29+;/m11./s1. The second-order valence-corrected chi connectivity index (χ2v) is 24.9. The van der Waals surface area contributed by atoms with Crippen LogP contribution in [0.25, 0.3) is 0 Å². The summed E-state index contributed by atoms with van der Waals surface area (Å²) >= 11 is 21.1. The third-order valence-corrected chi connectivity index (χ3v) is 19.8. The van der Waals surface area contributed by atoms with E-state index in [1.54, 1.807) is 90.6 Å². The Balaban J connectivity index is 0.000000169. The normalized spacial score (nSPS) is 27.8. The first-order valence-corrected chi connectivity index (χ1v) is 28.8. The zero-order valence-electron chi connectivity index (χ0n) is 39.0. The molecule has 2 saturated carbocycles. The topological polar surface area (TPSA) is 159 Å². The number of aliphatic hydroxyl groups excluding tert-OH is 2. The molecule has 2 aliphatic heterocycles. The fourth-order valence-electron chi connectivity index (χ4n) is 11.8. The molecule has 4 aliphatic rings. The van der Waals surface area contributed by atoms with Crippen molar-refractivity contribution in [3.05, 3.63) is 258 Å². The molecular formula is C59H50Br2Cl2N2O8S2. The molecule has 0 bridgehead atoms. The molecule has 12 rings (SSSR count). The van der Waals surface area contributed by atoms with E-state index in [0.29, 0.717) is 38.9 Å². The third kappa shape index (κ3) is 8.64. The summed E-state index contributed by atoms with van der Waals surface area (Å²) in [5.41, 5.74) is -2.10. The summed E-state index contributed by atoms with van der Waals surface area (Å²) in [6, 6.07) is 56.0. The van der Waals surface area contributed by atoms with Crippen LogP contribution in [0, 0.1) is 0 Å². The van der Waals surface area contributed by atoms with Crippen molar-refractivity contribution in [3.63, 3.8) is 0 Å². The van der Waals surface area contributed by atoms with Gasteiger partial charge in [0.15, 0.2) is 32.2 Å². The Morgan fingerprint density at radius 2 is 0.960 bits per heavy atom. The average Bonchev–Trinajstić information content (AvgIpc) is 4.03. The summed E-state index contributed by atoms with van der Waals surface area (Å²) < 4.78 is 43.4. The number of rotatable bonds is 10. The zero-order chi connectivity index (χ0) is 51.6. The molecule has 2 fully saturated rings. The van der Waals surface area contributed by atoms with E-state index in [-0.39, 0.29) is 40.8 Å². The van der Waals surface area contributed by atoms with Gasteiger partial charge in [-0.05, 0) is 57.6 Å². The van der Waals surface area contributed by atoms with Gasteiger partial charge in [0.2, 0.25) is 0 Å². The molecule has 4 heterocycles. The molecule has 2 unspecified atom stereocenters. The fourth-order valence-corrected chi connectivity index (χ4v) is 16.3. The van der Waals surface area contributed by atoms with Gasteiger partial charge in [-0.2, -0.15) is 11.8 Å². The minimum Gasteiger partial charge on any atom is -0.476 e. The summed E-state index contributed by atoms with van der Waals surface area (Å²) in [4.78, 5) is 8.88. The number of thioether (sulfide) groups is 1. The van der Waals surface area contributed by atoms with Crippen LogP contribution in [0.2, 0.25) is 10.0 Å². The molecule has 75 heavy (non-hydrogen) atoms. The van der Waals surface area contributed by atoms with Gasteiger partial charge in [-0.15, -0.1) is 0 Å². The Labute approximate surface area is 466 Å². The second kappa shape index (κ2) is 20.7. The summed E-state index contributed by atoms with van der Waals surface area (Å²) in [5.74, 6) is -0.430. The molecule has 0 radical (unpaired) electrons. The van der Waals surface area contributed by atoms with E-state index in [1.807, 2.05) is 84.9 Å². The molecule has 10 nitrogen and oxygen atoms in total. The molecule has 4 N–H and O–H groups in total. The molecule has 6 aromatic carbocycles. The number of hydrogen-bond acceptors (Lipinski definition) is 11. The maximum absolute atomic E-state index is 14.2. The van der Waals surface area contributed by atoms with Gasteiger partial charge in [-0.25, -0.2) is 8.42 Å². The molecule has 10 atom stereocenters. The largest absolute Gasteiger partial charge is 0.476 e. The van der Waals surface area contributed by atoms with Gasteiger partial charge in [0.25, 0.3) is 0 Å². The number of hydrogen-bond donors (Lipinski definition) is 4. The highest BCUT2D eigenvalue weighted by Crippen LogP contribution is 2.70. The van der Waals surface area contributed by atoms with Crippen LogP contribution in [0.3, 0.4) is 0 Å². The van der Waals surface area contributed by atoms with E-state index in [4.69, 9.17) is 32.7 Å². The average molecular weight is 1210 g/mol. The number of aliphatic hydroxyl groups is 4. The van der Waals surface area contributed by atoms with E-state index in [0.717, 1.165) is 25.6 Å². The number of fused-ring (bicyclic) bond motifs is 6. The highest BCUT2D eigenvalue weighted by Gasteiger charge is 2.79. The second-order valence-electron chi connectivity index (χ2n) is 18.9. The first-order valence-electron chi connectivity index (χ1n) is 23.7. The van der Waals surface area contributed by atoms with E-state index in [1.165, 1.54) is 18.5 Å². The van der Waals surface area contributed by atoms with Crippen LogP contribution in [0.1, 0.15) is 64.0 Å². The maximum Gasteiger partial charge on any atom is 0.182 e. The lowest BCUT2D eigenvalue weighted by atomic mass is 9.72. The first kappa shape index (κ1) is 53.3. The van der Waals surface area contributed by atoms with Crippen molar-refractivity contribution in [1.29, 1.82) is 0 Å². The minimum atomic E-state index is -4.06. The molecule has 384 valence electrons.